The van der Waals surface area contributed by atoms with Gasteiger partial charge in [-0.2, -0.15) is 5.26 Å². The van der Waals surface area contributed by atoms with Crippen molar-refractivity contribution in [3.63, 3.8) is 0 Å². The maximum Gasteiger partial charge on any atom is 0.265 e. The number of aryl methyl sites for hydroxylation is 1. The summed E-state index contributed by atoms with van der Waals surface area (Å²) in [5.41, 5.74) is 2.41. The average molecular weight is 209 g/mol. The minimum absolute atomic E-state index is 0.0553. The summed E-state index contributed by atoms with van der Waals surface area (Å²) in [5.74, 6) is -0.0553. The van der Waals surface area contributed by atoms with Crippen LogP contribution in [0.2, 0.25) is 0 Å². The quantitative estimate of drug-likeness (QED) is 0.756. The number of aromatic nitrogens is 1. The number of thiazole rings is 1. The molecule has 0 aliphatic rings. The van der Waals surface area contributed by atoms with E-state index in [1.807, 2.05) is 13.0 Å². The molecule has 0 aromatic carbocycles. The van der Waals surface area contributed by atoms with Gasteiger partial charge in [0, 0.05) is 13.6 Å². The van der Waals surface area contributed by atoms with Crippen LogP contribution in [0.15, 0.2) is 5.51 Å². The van der Waals surface area contributed by atoms with Crippen LogP contribution in [0.25, 0.3) is 0 Å². The van der Waals surface area contributed by atoms with E-state index in [0.717, 1.165) is 5.69 Å². The topological polar surface area (TPSA) is 57.0 Å². The molecule has 0 spiro atoms. The Morgan fingerprint density at radius 3 is 3.00 bits per heavy atom. The van der Waals surface area contributed by atoms with Gasteiger partial charge in [0.25, 0.3) is 5.91 Å². The fourth-order valence-corrected chi connectivity index (χ4v) is 1.80. The molecule has 0 radical (unpaired) electrons. The minimum Gasteiger partial charge on any atom is -0.340 e. The summed E-state index contributed by atoms with van der Waals surface area (Å²) in [4.78, 5) is 17.9. The average Bonchev–Trinajstić information content (AvgIpc) is 2.59. The molecule has 4 nitrogen and oxygen atoms in total. The fraction of sp³-hybridized carbons (Fsp3) is 0.444. The summed E-state index contributed by atoms with van der Waals surface area (Å²) in [6.45, 7) is 2.27. The lowest BCUT2D eigenvalue weighted by Gasteiger charge is -2.14. The van der Waals surface area contributed by atoms with E-state index < -0.39 is 0 Å². The third kappa shape index (κ3) is 2.30. The lowest BCUT2D eigenvalue weighted by Crippen LogP contribution is -2.27. The molecule has 0 fully saturated rings. The van der Waals surface area contributed by atoms with Crippen molar-refractivity contribution in [1.82, 2.24) is 9.88 Å². The molecule has 14 heavy (non-hydrogen) atoms. The minimum atomic E-state index is -0.0553. The van der Waals surface area contributed by atoms with E-state index in [-0.39, 0.29) is 5.91 Å². The third-order valence-corrected chi connectivity index (χ3v) is 2.76. The summed E-state index contributed by atoms with van der Waals surface area (Å²) in [6.07, 6.45) is 0.361. The molecule has 0 aliphatic carbocycles. The van der Waals surface area contributed by atoms with Crippen molar-refractivity contribution in [1.29, 1.82) is 5.26 Å². The van der Waals surface area contributed by atoms with Gasteiger partial charge in [0.05, 0.1) is 23.7 Å². The van der Waals surface area contributed by atoms with Gasteiger partial charge >= 0.3 is 0 Å². The highest BCUT2D eigenvalue weighted by atomic mass is 32.1. The Kier molecular flexibility index (Phi) is 3.60. The molecule has 1 rings (SSSR count). The molecule has 5 heteroatoms. The number of carbonyl (C=O) groups excluding carboxylic acids is 1. The van der Waals surface area contributed by atoms with E-state index in [0.29, 0.717) is 17.8 Å². The molecule has 0 saturated carbocycles. The predicted molar refractivity (Wildman–Crippen MR) is 54.0 cm³/mol. The Morgan fingerprint density at radius 2 is 2.50 bits per heavy atom. The van der Waals surface area contributed by atoms with Crippen LogP contribution in [0.4, 0.5) is 0 Å². The van der Waals surface area contributed by atoms with E-state index in [9.17, 15) is 4.79 Å². The van der Waals surface area contributed by atoms with Gasteiger partial charge in [0.2, 0.25) is 0 Å². The predicted octanol–water partition coefficient (Wildman–Crippen LogP) is 1.44. The van der Waals surface area contributed by atoms with Crippen molar-refractivity contribution >= 4 is 17.2 Å². The zero-order valence-electron chi connectivity index (χ0n) is 8.15. The van der Waals surface area contributed by atoms with Crippen molar-refractivity contribution in [2.75, 3.05) is 13.6 Å². The van der Waals surface area contributed by atoms with Crippen molar-refractivity contribution in [3.05, 3.63) is 16.1 Å². The number of hydrogen-bond acceptors (Lipinski definition) is 4. The van der Waals surface area contributed by atoms with E-state index in [1.54, 1.807) is 17.5 Å². The largest absolute Gasteiger partial charge is 0.340 e. The van der Waals surface area contributed by atoms with Gasteiger partial charge < -0.3 is 4.90 Å². The summed E-state index contributed by atoms with van der Waals surface area (Å²) >= 11 is 1.33. The molecule has 1 aromatic rings. The summed E-state index contributed by atoms with van der Waals surface area (Å²) < 4.78 is 0. The first-order chi connectivity index (χ1) is 6.66. The van der Waals surface area contributed by atoms with Gasteiger partial charge in [-0.1, -0.05) is 0 Å². The lowest BCUT2D eigenvalue weighted by atomic mass is 10.3. The van der Waals surface area contributed by atoms with Crippen LogP contribution in [0.5, 0.6) is 0 Å². The van der Waals surface area contributed by atoms with Gasteiger partial charge in [-0.25, -0.2) is 4.98 Å². The fourth-order valence-electron chi connectivity index (χ4n) is 1.000. The van der Waals surface area contributed by atoms with Gasteiger partial charge in [-0.3, -0.25) is 4.79 Å². The van der Waals surface area contributed by atoms with E-state index in [2.05, 4.69) is 4.98 Å². The number of nitrogens with zero attached hydrogens (tertiary/aromatic N) is 3. The van der Waals surface area contributed by atoms with Crippen LogP contribution >= 0.6 is 11.3 Å². The molecule has 0 atom stereocenters. The van der Waals surface area contributed by atoms with Gasteiger partial charge in [0.15, 0.2) is 0 Å². The Balaban J connectivity index is 2.67. The molecule has 0 N–H and O–H groups in total. The van der Waals surface area contributed by atoms with Crippen LogP contribution in [0.1, 0.15) is 21.8 Å². The van der Waals surface area contributed by atoms with Crippen molar-refractivity contribution in [2.45, 2.75) is 13.3 Å². The van der Waals surface area contributed by atoms with Crippen molar-refractivity contribution in [3.8, 4) is 6.07 Å². The molecular formula is C9H11N3OS. The lowest BCUT2D eigenvalue weighted by molar-refractivity contribution is 0.0802. The Morgan fingerprint density at radius 1 is 1.79 bits per heavy atom. The SMILES string of the molecule is Cc1ncsc1C(=O)N(C)CCC#N. The third-order valence-electron chi connectivity index (χ3n) is 1.85. The molecule has 0 bridgehead atoms. The summed E-state index contributed by atoms with van der Waals surface area (Å²) in [6, 6.07) is 2.01. The number of nitriles is 1. The number of carbonyl (C=O) groups is 1. The molecule has 1 aromatic heterocycles. The van der Waals surface area contributed by atoms with Crippen LogP contribution in [0.3, 0.4) is 0 Å². The van der Waals surface area contributed by atoms with Crippen LogP contribution in [-0.4, -0.2) is 29.4 Å². The maximum absolute atomic E-state index is 11.7. The first-order valence-electron chi connectivity index (χ1n) is 4.19. The normalized spacial score (nSPS) is 9.50. The second-order valence-electron chi connectivity index (χ2n) is 2.90. The molecule has 1 amide bonds. The van der Waals surface area contributed by atoms with E-state index in [4.69, 9.17) is 5.26 Å². The van der Waals surface area contributed by atoms with E-state index in [1.165, 1.54) is 11.3 Å². The number of hydrogen-bond donors (Lipinski definition) is 0. The molecule has 0 unspecified atom stereocenters. The van der Waals surface area contributed by atoms with Gasteiger partial charge in [-0.15, -0.1) is 11.3 Å². The molecule has 0 saturated heterocycles. The Hall–Kier alpha value is -1.41. The Bertz CT molecular complexity index is 366. The number of amides is 1. The Labute approximate surface area is 86.8 Å². The van der Waals surface area contributed by atoms with Gasteiger partial charge in [0.1, 0.15) is 4.88 Å². The van der Waals surface area contributed by atoms with Crippen LogP contribution in [-0.2, 0) is 0 Å². The molecule has 1 heterocycles. The highest BCUT2D eigenvalue weighted by Gasteiger charge is 2.15. The highest BCUT2D eigenvalue weighted by Crippen LogP contribution is 2.14. The van der Waals surface area contributed by atoms with Crippen molar-refractivity contribution < 1.29 is 4.79 Å². The van der Waals surface area contributed by atoms with Gasteiger partial charge in [-0.05, 0) is 6.92 Å². The van der Waals surface area contributed by atoms with Crippen LogP contribution < -0.4 is 0 Å². The summed E-state index contributed by atoms with van der Waals surface area (Å²) in [7, 11) is 1.69. The zero-order chi connectivity index (χ0) is 10.6. The maximum atomic E-state index is 11.7. The second kappa shape index (κ2) is 4.72. The first-order valence-corrected chi connectivity index (χ1v) is 5.07. The molecular weight excluding hydrogens is 198 g/mol. The first kappa shape index (κ1) is 10.7. The smallest absolute Gasteiger partial charge is 0.265 e. The van der Waals surface area contributed by atoms with E-state index >= 15 is 0 Å². The second-order valence-corrected chi connectivity index (χ2v) is 3.76. The zero-order valence-corrected chi connectivity index (χ0v) is 8.97. The number of rotatable bonds is 3. The highest BCUT2D eigenvalue weighted by molar-refractivity contribution is 7.11. The molecule has 74 valence electrons. The molecule has 0 aliphatic heterocycles. The monoisotopic (exact) mass is 209 g/mol. The van der Waals surface area contributed by atoms with Crippen LogP contribution in [0, 0.1) is 18.3 Å². The van der Waals surface area contributed by atoms with Crippen molar-refractivity contribution in [2.24, 2.45) is 0 Å². The summed E-state index contributed by atoms with van der Waals surface area (Å²) in [5, 5.41) is 8.38. The standard InChI is InChI=1S/C9H11N3OS/c1-7-8(14-6-11-7)9(13)12(2)5-3-4-10/h6H,3,5H2,1-2H3.